The van der Waals surface area contributed by atoms with Gasteiger partial charge in [0.05, 0.1) is 19.8 Å². The number of fused-ring (bicyclic) bond motifs is 1. The van der Waals surface area contributed by atoms with Crippen LogP contribution in [0, 0.1) is 0 Å². The molecule has 0 radical (unpaired) electrons. The molecule has 0 spiro atoms. The van der Waals surface area contributed by atoms with Gasteiger partial charge in [0.15, 0.2) is 11.5 Å². The average molecular weight is 250 g/mol. The summed E-state index contributed by atoms with van der Waals surface area (Å²) in [7, 11) is 0. The first-order valence-corrected chi connectivity index (χ1v) is 6.20. The fourth-order valence-corrected chi connectivity index (χ4v) is 1.68. The topological polar surface area (TPSA) is 59.6 Å². The lowest BCUT2D eigenvalue weighted by molar-refractivity contribution is -0.115. The Morgan fingerprint density at radius 1 is 1.28 bits per heavy atom. The zero-order chi connectivity index (χ0) is 12.8. The zero-order valence-electron chi connectivity index (χ0n) is 10.5. The molecular formula is C13H18N2O3. The second kappa shape index (κ2) is 6.26. The van der Waals surface area contributed by atoms with E-state index in [-0.39, 0.29) is 5.91 Å². The van der Waals surface area contributed by atoms with E-state index in [4.69, 9.17) is 9.47 Å². The lowest BCUT2D eigenvalue weighted by Gasteiger charge is -2.10. The van der Waals surface area contributed by atoms with Crippen LogP contribution in [0.25, 0.3) is 0 Å². The first kappa shape index (κ1) is 12.7. The van der Waals surface area contributed by atoms with Crippen LogP contribution in [0.4, 0.5) is 5.69 Å². The van der Waals surface area contributed by atoms with E-state index >= 15 is 0 Å². The highest BCUT2D eigenvalue weighted by atomic mass is 16.5. The normalized spacial score (nSPS) is 13.8. The van der Waals surface area contributed by atoms with E-state index in [9.17, 15) is 4.79 Å². The summed E-state index contributed by atoms with van der Waals surface area (Å²) in [5.74, 6) is 1.36. The van der Waals surface area contributed by atoms with Crippen LogP contribution in [-0.2, 0) is 4.79 Å². The summed E-state index contributed by atoms with van der Waals surface area (Å²) in [5, 5.41) is 5.78. The highest BCUT2D eigenvalue weighted by molar-refractivity contribution is 5.92. The number of benzene rings is 1. The molecule has 1 heterocycles. The molecule has 0 atom stereocenters. The van der Waals surface area contributed by atoms with Crippen LogP contribution < -0.4 is 20.1 Å². The van der Waals surface area contributed by atoms with Gasteiger partial charge in [0, 0.05) is 18.2 Å². The van der Waals surface area contributed by atoms with Gasteiger partial charge >= 0.3 is 0 Å². The first-order chi connectivity index (χ1) is 8.79. The molecule has 0 fully saturated rings. The average Bonchev–Trinajstić information content (AvgIpc) is 2.61. The van der Waals surface area contributed by atoms with Crippen LogP contribution in [0.15, 0.2) is 18.2 Å². The minimum atomic E-state index is -0.0636. The molecule has 98 valence electrons. The second-order valence-electron chi connectivity index (χ2n) is 4.04. The van der Waals surface area contributed by atoms with Gasteiger partial charge in [0.25, 0.3) is 0 Å². The molecule has 2 rings (SSSR count). The highest BCUT2D eigenvalue weighted by Gasteiger charge is 2.11. The Morgan fingerprint density at radius 3 is 2.83 bits per heavy atom. The molecule has 2 N–H and O–H groups in total. The van der Waals surface area contributed by atoms with Crippen molar-refractivity contribution >= 4 is 11.6 Å². The van der Waals surface area contributed by atoms with Crippen LogP contribution in [0.1, 0.15) is 13.3 Å². The fourth-order valence-electron chi connectivity index (χ4n) is 1.68. The quantitative estimate of drug-likeness (QED) is 0.848. The summed E-state index contributed by atoms with van der Waals surface area (Å²) < 4.78 is 11.1. The highest BCUT2D eigenvalue weighted by Crippen LogP contribution is 2.32. The van der Waals surface area contributed by atoms with Crippen LogP contribution >= 0.6 is 0 Å². The SMILES string of the molecule is CCNCC(=O)Nc1ccc2c(c1)OCCCO2. The van der Waals surface area contributed by atoms with Crippen molar-refractivity contribution in [3.05, 3.63) is 18.2 Å². The molecule has 5 nitrogen and oxygen atoms in total. The number of likely N-dealkylation sites (N-methyl/N-ethyl adjacent to an activating group) is 1. The summed E-state index contributed by atoms with van der Waals surface area (Å²) in [6, 6.07) is 5.44. The number of amides is 1. The van der Waals surface area contributed by atoms with E-state index in [1.807, 2.05) is 19.1 Å². The van der Waals surface area contributed by atoms with Gasteiger partial charge in [-0.15, -0.1) is 0 Å². The van der Waals surface area contributed by atoms with Gasteiger partial charge in [0.2, 0.25) is 5.91 Å². The summed E-state index contributed by atoms with van der Waals surface area (Å²) in [4.78, 5) is 11.6. The van der Waals surface area contributed by atoms with Crippen molar-refractivity contribution < 1.29 is 14.3 Å². The number of nitrogens with one attached hydrogen (secondary N) is 2. The maximum Gasteiger partial charge on any atom is 0.238 e. The predicted molar refractivity (Wildman–Crippen MR) is 69.2 cm³/mol. The lowest BCUT2D eigenvalue weighted by Crippen LogP contribution is -2.27. The fraction of sp³-hybridized carbons (Fsp3) is 0.462. The number of rotatable bonds is 4. The van der Waals surface area contributed by atoms with Gasteiger partial charge in [-0.1, -0.05) is 6.92 Å². The first-order valence-electron chi connectivity index (χ1n) is 6.20. The largest absolute Gasteiger partial charge is 0.490 e. The molecule has 18 heavy (non-hydrogen) atoms. The number of hydrogen-bond donors (Lipinski definition) is 2. The third-order valence-corrected chi connectivity index (χ3v) is 2.57. The van der Waals surface area contributed by atoms with Crippen LogP contribution in [0.3, 0.4) is 0 Å². The van der Waals surface area contributed by atoms with Gasteiger partial charge in [-0.2, -0.15) is 0 Å². The number of hydrogen-bond acceptors (Lipinski definition) is 4. The van der Waals surface area contributed by atoms with E-state index in [0.29, 0.717) is 25.5 Å². The van der Waals surface area contributed by atoms with Gasteiger partial charge in [-0.3, -0.25) is 4.79 Å². The van der Waals surface area contributed by atoms with Crippen LogP contribution in [-0.4, -0.2) is 32.2 Å². The number of ether oxygens (including phenoxy) is 2. The standard InChI is InChI=1S/C13H18N2O3/c1-2-14-9-13(16)15-10-4-5-11-12(8-10)18-7-3-6-17-11/h4-5,8,14H,2-3,6-7,9H2,1H3,(H,15,16). The number of carbonyl (C=O) groups excluding carboxylic acids is 1. The molecule has 0 aliphatic carbocycles. The molecule has 1 amide bonds. The predicted octanol–water partition coefficient (Wildman–Crippen LogP) is 1.40. The van der Waals surface area contributed by atoms with Crippen molar-refractivity contribution in [1.29, 1.82) is 0 Å². The van der Waals surface area contributed by atoms with Crippen molar-refractivity contribution in [1.82, 2.24) is 5.32 Å². The Bertz CT molecular complexity index is 421. The Balaban J connectivity index is 2.01. The molecule has 0 saturated carbocycles. The lowest BCUT2D eigenvalue weighted by atomic mass is 10.2. The Hall–Kier alpha value is -1.75. The van der Waals surface area contributed by atoms with Crippen molar-refractivity contribution in [3.8, 4) is 11.5 Å². The van der Waals surface area contributed by atoms with E-state index < -0.39 is 0 Å². The second-order valence-corrected chi connectivity index (χ2v) is 4.04. The molecular weight excluding hydrogens is 232 g/mol. The molecule has 0 bridgehead atoms. The van der Waals surface area contributed by atoms with E-state index in [0.717, 1.165) is 24.4 Å². The molecule has 1 aromatic rings. The summed E-state index contributed by atoms with van der Waals surface area (Å²) in [6.07, 6.45) is 0.872. The minimum absolute atomic E-state index is 0.0636. The molecule has 0 unspecified atom stereocenters. The molecule has 0 aromatic heterocycles. The Morgan fingerprint density at radius 2 is 2.06 bits per heavy atom. The van der Waals surface area contributed by atoms with Crippen molar-refractivity contribution in [3.63, 3.8) is 0 Å². The molecule has 0 saturated heterocycles. The maximum atomic E-state index is 11.6. The number of carbonyl (C=O) groups is 1. The van der Waals surface area contributed by atoms with Crippen LogP contribution in [0.2, 0.25) is 0 Å². The van der Waals surface area contributed by atoms with E-state index in [2.05, 4.69) is 10.6 Å². The Kier molecular flexibility index (Phi) is 4.41. The third kappa shape index (κ3) is 3.37. The van der Waals surface area contributed by atoms with Gasteiger partial charge in [0.1, 0.15) is 0 Å². The van der Waals surface area contributed by atoms with E-state index in [1.54, 1.807) is 6.07 Å². The monoisotopic (exact) mass is 250 g/mol. The van der Waals surface area contributed by atoms with Crippen molar-refractivity contribution in [2.45, 2.75) is 13.3 Å². The molecule has 5 heteroatoms. The van der Waals surface area contributed by atoms with Gasteiger partial charge in [-0.25, -0.2) is 0 Å². The smallest absolute Gasteiger partial charge is 0.238 e. The van der Waals surface area contributed by atoms with Gasteiger partial charge in [-0.05, 0) is 18.7 Å². The Labute approximate surface area is 106 Å². The molecule has 1 aliphatic rings. The summed E-state index contributed by atoms with van der Waals surface area (Å²) in [6.45, 7) is 4.35. The number of anilines is 1. The van der Waals surface area contributed by atoms with Crippen molar-refractivity contribution in [2.24, 2.45) is 0 Å². The maximum absolute atomic E-state index is 11.6. The van der Waals surface area contributed by atoms with Gasteiger partial charge < -0.3 is 20.1 Å². The van der Waals surface area contributed by atoms with Crippen LogP contribution in [0.5, 0.6) is 11.5 Å². The third-order valence-electron chi connectivity index (χ3n) is 2.57. The van der Waals surface area contributed by atoms with E-state index in [1.165, 1.54) is 0 Å². The molecule has 1 aromatic carbocycles. The van der Waals surface area contributed by atoms with Crippen molar-refractivity contribution in [2.75, 3.05) is 31.6 Å². The molecule has 1 aliphatic heterocycles. The zero-order valence-corrected chi connectivity index (χ0v) is 10.5. The minimum Gasteiger partial charge on any atom is -0.490 e. The summed E-state index contributed by atoms with van der Waals surface area (Å²) >= 11 is 0. The summed E-state index contributed by atoms with van der Waals surface area (Å²) in [5.41, 5.74) is 0.724.